The van der Waals surface area contributed by atoms with Gasteiger partial charge >= 0.3 is 0 Å². The van der Waals surface area contributed by atoms with Gasteiger partial charge < -0.3 is 4.90 Å². The lowest BCUT2D eigenvalue weighted by Gasteiger charge is -2.35. The number of benzene rings is 2. The maximum absolute atomic E-state index is 13.6. The van der Waals surface area contributed by atoms with Crippen LogP contribution in [0.3, 0.4) is 0 Å². The van der Waals surface area contributed by atoms with Crippen LogP contribution in [0.2, 0.25) is 0 Å². The van der Waals surface area contributed by atoms with Crippen molar-refractivity contribution in [2.75, 3.05) is 13.6 Å². The highest BCUT2D eigenvalue weighted by Crippen LogP contribution is 2.35. The highest BCUT2D eigenvalue weighted by molar-refractivity contribution is 5.95. The van der Waals surface area contributed by atoms with Crippen molar-refractivity contribution in [1.82, 2.24) is 9.80 Å². The van der Waals surface area contributed by atoms with Crippen molar-refractivity contribution in [1.29, 1.82) is 0 Å². The van der Waals surface area contributed by atoms with Crippen LogP contribution >= 0.6 is 0 Å². The maximum Gasteiger partial charge on any atom is 0.258 e. The van der Waals surface area contributed by atoms with Gasteiger partial charge in [0.2, 0.25) is 0 Å². The normalized spacial score (nSPS) is 21.5. The first-order valence-electron chi connectivity index (χ1n) is 10.4. The standard InChI is InChI=1S/C25H30N2O/c1-18-13-19(2)15-21(14-18)25(28)27(12-11-20-7-5-4-6-8-20)24-16-22-9-10-23(17-24)26(22)3/h4-8,13-16,22-23H,9-12,17H2,1-3H3/t22-,23+/m1/s1. The van der Waals surface area contributed by atoms with E-state index in [0.717, 1.165) is 36.1 Å². The molecule has 0 aliphatic carbocycles. The van der Waals surface area contributed by atoms with Gasteiger partial charge in [-0.1, -0.05) is 47.5 Å². The lowest BCUT2D eigenvalue weighted by atomic mass is 10.0. The van der Waals surface area contributed by atoms with Crippen LogP contribution < -0.4 is 0 Å². The molecule has 2 atom stereocenters. The minimum Gasteiger partial charge on any atom is -0.312 e. The van der Waals surface area contributed by atoms with Crippen molar-refractivity contribution < 1.29 is 4.79 Å². The molecule has 3 heteroatoms. The van der Waals surface area contributed by atoms with Gasteiger partial charge in [0.1, 0.15) is 0 Å². The zero-order valence-corrected chi connectivity index (χ0v) is 17.2. The summed E-state index contributed by atoms with van der Waals surface area (Å²) in [5.74, 6) is 0.137. The summed E-state index contributed by atoms with van der Waals surface area (Å²) in [6, 6.07) is 17.7. The molecule has 0 saturated carbocycles. The molecule has 2 aliphatic heterocycles. The zero-order valence-electron chi connectivity index (χ0n) is 17.2. The third-order valence-electron chi connectivity index (χ3n) is 6.25. The van der Waals surface area contributed by atoms with E-state index >= 15 is 0 Å². The quantitative estimate of drug-likeness (QED) is 0.755. The lowest BCUT2D eigenvalue weighted by molar-refractivity contribution is 0.0787. The first-order chi connectivity index (χ1) is 13.5. The Morgan fingerprint density at radius 1 is 1.07 bits per heavy atom. The Labute approximate surface area is 168 Å². The van der Waals surface area contributed by atoms with Crippen molar-refractivity contribution in [2.45, 2.75) is 51.6 Å². The van der Waals surface area contributed by atoms with E-state index in [2.05, 4.69) is 67.1 Å². The second-order valence-electron chi connectivity index (χ2n) is 8.39. The third kappa shape index (κ3) is 3.90. The number of hydrogen-bond acceptors (Lipinski definition) is 2. The van der Waals surface area contributed by atoms with Crippen LogP contribution in [0.4, 0.5) is 0 Å². The first kappa shape index (κ1) is 18.9. The Bertz CT molecular complexity index is 866. The fraction of sp³-hybridized carbons (Fsp3) is 0.400. The van der Waals surface area contributed by atoms with E-state index in [0.29, 0.717) is 12.1 Å². The van der Waals surface area contributed by atoms with Gasteiger partial charge in [0.15, 0.2) is 0 Å². The number of hydrogen-bond donors (Lipinski definition) is 0. The summed E-state index contributed by atoms with van der Waals surface area (Å²) in [4.78, 5) is 18.1. The van der Waals surface area contributed by atoms with Crippen LogP contribution in [0.25, 0.3) is 0 Å². The van der Waals surface area contributed by atoms with E-state index in [-0.39, 0.29) is 5.91 Å². The number of nitrogens with zero attached hydrogens (tertiary/aromatic N) is 2. The fourth-order valence-electron chi connectivity index (χ4n) is 4.74. The van der Waals surface area contributed by atoms with Gasteiger partial charge in [0.25, 0.3) is 5.91 Å². The van der Waals surface area contributed by atoms with E-state index in [1.807, 2.05) is 18.2 Å². The molecule has 146 valence electrons. The molecule has 2 heterocycles. The fourth-order valence-corrected chi connectivity index (χ4v) is 4.74. The molecular weight excluding hydrogens is 344 g/mol. The highest BCUT2D eigenvalue weighted by atomic mass is 16.2. The van der Waals surface area contributed by atoms with Gasteiger partial charge in [0.05, 0.1) is 0 Å². The molecule has 1 fully saturated rings. The summed E-state index contributed by atoms with van der Waals surface area (Å²) in [5, 5.41) is 0. The van der Waals surface area contributed by atoms with Crippen molar-refractivity contribution in [3.63, 3.8) is 0 Å². The van der Waals surface area contributed by atoms with Crippen LogP contribution in [0.15, 0.2) is 60.3 Å². The Hall–Kier alpha value is -2.39. The molecular formula is C25H30N2O. The molecule has 0 spiro atoms. The number of carbonyl (C=O) groups is 1. The Kier molecular flexibility index (Phi) is 5.36. The average Bonchev–Trinajstić information content (AvgIpc) is 2.89. The van der Waals surface area contributed by atoms with Gasteiger partial charge in [-0.25, -0.2) is 0 Å². The minimum absolute atomic E-state index is 0.137. The lowest BCUT2D eigenvalue weighted by Crippen LogP contribution is -2.41. The van der Waals surface area contributed by atoms with Crippen LogP contribution in [0, 0.1) is 13.8 Å². The number of rotatable bonds is 5. The van der Waals surface area contributed by atoms with E-state index in [1.165, 1.54) is 24.1 Å². The van der Waals surface area contributed by atoms with Crippen LogP contribution in [0.1, 0.15) is 46.3 Å². The number of fused-ring (bicyclic) bond motifs is 2. The number of likely N-dealkylation sites (N-methyl/N-ethyl adjacent to an activating group) is 1. The van der Waals surface area contributed by atoms with Gasteiger partial charge in [-0.15, -0.1) is 0 Å². The first-order valence-corrected chi connectivity index (χ1v) is 10.4. The molecule has 0 unspecified atom stereocenters. The molecule has 2 bridgehead atoms. The van der Waals surface area contributed by atoms with E-state index < -0.39 is 0 Å². The van der Waals surface area contributed by atoms with Crippen molar-refractivity contribution >= 4 is 5.91 Å². The minimum atomic E-state index is 0.137. The molecule has 28 heavy (non-hydrogen) atoms. The Morgan fingerprint density at radius 2 is 1.79 bits per heavy atom. The molecule has 0 N–H and O–H groups in total. The number of aryl methyl sites for hydroxylation is 2. The van der Waals surface area contributed by atoms with Crippen LogP contribution in [-0.4, -0.2) is 41.4 Å². The zero-order chi connectivity index (χ0) is 19.7. The monoisotopic (exact) mass is 374 g/mol. The van der Waals surface area contributed by atoms with Gasteiger partial charge in [-0.3, -0.25) is 9.69 Å². The molecule has 2 aromatic carbocycles. The third-order valence-corrected chi connectivity index (χ3v) is 6.25. The summed E-state index contributed by atoms with van der Waals surface area (Å²) in [7, 11) is 2.22. The number of carbonyl (C=O) groups excluding carboxylic acids is 1. The Morgan fingerprint density at radius 3 is 2.46 bits per heavy atom. The van der Waals surface area contributed by atoms with Crippen LogP contribution in [-0.2, 0) is 6.42 Å². The molecule has 0 radical (unpaired) electrons. The molecule has 2 aromatic rings. The summed E-state index contributed by atoms with van der Waals surface area (Å²) < 4.78 is 0. The predicted octanol–water partition coefficient (Wildman–Crippen LogP) is 4.74. The van der Waals surface area contributed by atoms with Gasteiger partial charge in [-0.2, -0.15) is 0 Å². The average molecular weight is 375 g/mol. The second-order valence-corrected chi connectivity index (χ2v) is 8.39. The molecule has 4 rings (SSSR count). The van der Waals surface area contributed by atoms with E-state index in [9.17, 15) is 4.79 Å². The van der Waals surface area contributed by atoms with Crippen LogP contribution in [0.5, 0.6) is 0 Å². The summed E-state index contributed by atoms with van der Waals surface area (Å²) in [6.07, 6.45) is 6.62. The Balaban J connectivity index is 1.63. The van der Waals surface area contributed by atoms with Gasteiger partial charge in [0, 0.05) is 36.3 Å². The highest BCUT2D eigenvalue weighted by Gasteiger charge is 2.36. The van der Waals surface area contributed by atoms with Crippen molar-refractivity contribution in [3.05, 3.63) is 82.6 Å². The largest absolute Gasteiger partial charge is 0.312 e. The molecule has 1 amide bonds. The van der Waals surface area contributed by atoms with E-state index in [1.54, 1.807) is 0 Å². The second kappa shape index (κ2) is 7.92. The molecule has 3 nitrogen and oxygen atoms in total. The predicted molar refractivity (Wildman–Crippen MR) is 114 cm³/mol. The van der Waals surface area contributed by atoms with E-state index in [4.69, 9.17) is 0 Å². The van der Waals surface area contributed by atoms with Crippen molar-refractivity contribution in [2.24, 2.45) is 0 Å². The van der Waals surface area contributed by atoms with Crippen molar-refractivity contribution in [3.8, 4) is 0 Å². The molecule has 0 aromatic heterocycles. The molecule has 2 aliphatic rings. The van der Waals surface area contributed by atoms with Gasteiger partial charge in [-0.05, 0) is 63.9 Å². The smallest absolute Gasteiger partial charge is 0.258 e. The SMILES string of the molecule is Cc1cc(C)cc(C(=O)N(CCc2ccccc2)C2=C[C@H]3CC[C@@H](C2)N3C)c1. The summed E-state index contributed by atoms with van der Waals surface area (Å²) in [5.41, 5.74) is 5.58. The topological polar surface area (TPSA) is 23.6 Å². The molecule has 1 saturated heterocycles. The summed E-state index contributed by atoms with van der Waals surface area (Å²) >= 11 is 0. The summed E-state index contributed by atoms with van der Waals surface area (Å²) in [6.45, 7) is 4.85. The number of amides is 1. The maximum atomic E-state index is 13.6.